The van der Waals surface area contributed by atoms with Crippen LogP contribution in [0.5, 0.6) is 0 Å². The van der Waals surface area contributed by atoms with Crippen molar-refractivity contribution in [2.45, 2.75) is 6.42 Å². The normalized spacial score (nSPS) is 10.2. The highest BCUT2D eigenvalue weighted by molar-refractivity contribution is 6.30. The van der Waals surface area contributed by atoms with E-state index < -0.39 is 5.97 Å². The van der Waals surface area contributed by atoms with E-state index >= 15 is 0 Å². The molecule has 0 aliphatic heterocycles. The molecule has 2 aromatic rings. The number of carboxylic acids is 1. The van der Waals surface area contributed by atoms with Gasteiger partial charge in [0.25, 0.3) is 0 Å². The van der Waals surface area contributed by atoms with E-state index in [0.717, 1.165) is 12.0 Å². The molecule has 104 valence electrons. The van der Waals surface area contributed by atoms with E-state index in [1.54, 1.807) is 0 Å². The van der Waals surface area contributed by atoms with Crippen molar-refractivity contribution in [3.8, 4) is 0 Å². The molecule has 0 saturated carbocycles. The van der Waals surface area contributed by atoms with Gasteiger partial charge in [0.1, 0.15) is 5.82 Å². The maximum atomic E-state index is 10.8. The van der Waals surface area contributed by atoms with Gasteiger partial charge in [0.15, 0.2) is 0 Å². The highest BCUT2D eigenvalue weighted by atomic mass is 35.5. The summed E-state index contributed by atoms with van der Waals surface area (Å²) in [5.74, 6) is -0.555. The first-order chi connectivity index (χ1) is 9.56. The summed E-state index contributed by atoms with van der Waals surface area (Å²) in [4.78, 5) is 14.8. The Labute approximate surface area is 121 Å². The highest BCUT2D eigenvalue weighted by Gasteiger charge is 2.07. The van der Waals surface area contributed by atoms with E-state index in [2.05, 4.69) is 10.3 Å². The van der Waals surface area contributed by atoms with Crippen LogP contribution in [-0.4, -0.2) is 22.6 Å². The van der Waals surface area contributed by atoms with Crippen LogP contribution >= 0.6 is 11.6 Å². The molecule has 20 heavy (non-hydrogen) atoms. The molecule has 5 nitrogen and oxygen atoms in total. The summed E-state index contributed by atoms with van der Waals surface area (Å²) >= 11 is 5.81. The zero-order valence-corrected chi connectivity index (χ0v) is 11.4. The summed E-state index contributed by atoms with van der Waals surface area (Å²) in [5.41, 5.74) is 7.29. The number of hydrogen-bond acceptors (Lipinski definition) is 4. The fraction of sp³-hybridized carbons (Fsp3) is 0.143. The van der Waals surface area contributed by atoms with Gasteiger partial charge in [-0.05, 0) is 30.2 Å². The Bertz CT molecular complexity index is 614. The van der Waals surface area contributed by atoms with Gasteiger partial charge in [0.2, 0.25) is 0 Å². The Morgan fingerprint density at radius 1 is 1.35 bits per heavy atom. The maximum absolute atomic E-state index is 10.8. The third kappa shape index (κ3) is 3.61. The molecule has 1 heterocycles. The summed E-state index contributed by atoms with van der Waals surface area (Å²) in [6.45, 7) is 0.644. The first-order valence-corrected chi connectivity index (χ1v) is 6.41. The summed E-state index contributed by atoms with van der Waals surface area (Å²) < 4.78 is 0. The van der Waals surface area contributed by atoms with Gasteiger partial charge in [-0.25, -0.2) is 9.78 Å². The molecule has 1 aromatic heterocycles. The molecule has 0 unspecified atom stereocenters. The van der Waals surface area contributed by atoms with E-state index in [4.69, 9.17) is 22.4 Å². The number of hydrogen-bond donors (Lipinski definition) is 3. The van der Waals surface area contributed by atoms with E-state index in [1.807, 2.05) is 24.3 Å². The van der Waals surface area contributed by atoms with Crippen molar-refractivity contribution in [2.24, 2.45) is 0 Å². The van der Waals surface area contributed by atoms with Crippen molar-refractivity contribution in [3.05, 3.63) is 52.7 Å². The molecule has 0 amide bonds. The smallest absolute Gasteiger partial charge is 0.337 e. The van der Waals surface area contributed by atoms with Crippen molar-refractivity contribution >= 4 is 29.1 Å². The number of nitrogens with two attached hydrogens (primary N) is 1. The van der Waals surface area contributed by atoms with Gasteiger partial charge >= 0.3 is 5.97 Å². The molecule has 0 aliphatic rings. The number of carboxylic acid groups (broad SMARTS) is 1. The number of rotatable bonds is 5. The fourth-order valence-electron chi connectivity index (χ4n) is 1.72. The lowest BCUT2D eigenvalue weighted by molar-refractivity contribution is 0.0696. The Hall–Kier alpha value is -2.27. The Balaban J connectivity index is 1.94. The highest BCUT2D eigenvalue weighted by Crippen LogP contribution is 2.16. The number of aromatic carboxylic acids is 1. The van der Waals surface area contributed by atoms with Crippen LogP contribution in [0, 0.1) is 0 Å². The topological polar surface area (TPSA) is 88.2 Å². The summed E-state index contributed by atoms with van der Waals surface area (Å²) in [6, 6.07) is 8.97. The van der Waals surface area contributed by atoms with Gasteiger partial charge in [-0.1, -0.05) is 23.7 Å². The van der Waals surface area contributed by atoms with Crippen molar-refractivity contribution in [1.82, 2.24) is 4.98 Å². The van der Waals surface area contributed by atoms with E-state index in [0.29, 0.717) is 23.1 Å². The number of nitrogens with one attached hydrogen (secondary N) is 1. The van der Waals surface area contributed by atoms with Gasteiger partial charge in [0, 0.05) is 17.8 Å². The van der Waals surface area contributed by atoms with Crippen LogP contribution in [0.3, 0.4) is 0 Å². The molecular formula is C14H14ClN3O2. The largest absolute Gasteiger partial charge is 0.478 e. The summed E-state index contributed by atoms with van der Waals surface area (Å²) in [6.07, 6.45) is 2.07. The van der Waals surface area contributed by atoms with Crippen molar-refractivity contribution in [3.63, 3.8) is 0 Å². The number of benzene rings is 1. The van der Waals surface area contributed by atoms with Gasteiger partial charge in [-0.2, -0.15) is 0 Å². The minimum absolute atomic E-state index is 0.0748. The number of pyridine rings is 1. The number of nitrogen functional groups attached to an aromatic ring is 1. The van der Waals surface area contributed by atoms with E-state index in [9.17, 15) is 4.79 Å². The molecule has 6 heteroatoms. The Morgan fingerprint density at radius 3 is 2.65 bits per heavy atom. The molecule has 1 aromatic carbocycles. The molecule has 0 aliphatic carbocycles. The van der Waals surface area contributed by atoms with Gasteiger partial charge in [-0.15, -0.1) is 0 Å². The minimum Gasteiger partial charge on any atom is -0.478 e. The van der Waals surface area contributed by atoms with Crippen LogP contribution < -0.4 is 11.1 Å². The zero-order valence-electron chi connectivity index (χ0n) is 10.6. The van der Waals surface area contributed by atoms with Crippen LogP contribution in [0.15, 0.2) is 36.5 Å². The number of halogens is 1. The van der Waals surface area contributed by atoms with Crippen molar-refractivity contribution in [2.75, 3.05) is 17.6 Å². The second kappa shape index (κ2) is 6.25. The van der Waals surface area contributed by atoms with Crippen LogP contribution in [0.25, 0.3) is 0 Å². The number of anilines is 2. The average Bonchev–Trinajstić information content (AvgIpc) is 2.42. The predicted molar refractivity (Wildman–Crippen MR) is 79.3 cm³/mol. The molecule has 0 fully saturated rings. The van der Waals surface area contributed by atoms with Crippen molar-refractivity contribution < 1.29 is 9.90 Å². The van der Waals surface area contributed by atoms with E-state index in [1.165, 1.54) is 12.3 Å². The Kier molecular flexibility index (Phi) is 4.42. The fourth-order valence-corrected chi connectivity index (χ4v) is 1.85. The third-order valence-electron chi connectivity index (χ3n) is 2.78. The van der Waals surface area contributed by atoms with Crippen LogP contribution in [0.4, 0.5) is 11.5 Å². The molecule has 2 rings (SSSR count). The van der Waals surface area contributed by atoms with Gasteiger partial charge in [0.05, 0.1) is 11.3 Å². The predicted octanol–water partition coefficient (Wildman–Crippen LogP) is 2.67. The number of aromatic nitrogens is 1. The first-order valence-electron chi connectivity index (χ1n) is 6.03. The molecule has 0 bridgehead atoms. The van der Waals surface area contributed by atoms with Gasteiger partial charge < -0.3 is 16.2 Å². The summed E-state index contributed by atoms with van der Waals surface area (Å²) in [5, 5.41) is 12.6. The zero-order chi connectivity index (χ0) is 14.5. The number of nitrogens with zero attached hydrogens (tertiary/aromatic N) is 1. The monoisotopic (exact) mass is 291 g/mol. The molecule has 4 N–H and O–H groups in total. The van der Waals surface area contributed by atoms with Crippen LogP contribution in [0.2, 0.25) is 5.02 Å². The minimum atomic E-state index is -1.04. The maximum Gasteiger partial charge on any atom is 0.337 e. The van der Waals surface area contributed by atoms with E-state index in [-0.39, 0.29) is 5.56 Å². The molecule has 0 atom stereocenters. The lowest BCUT2D eigenvalue weighted by Crippen LogP contribution is -2.09. The Morgan fingerprint density at radius 2 is 2.05 bits per heavy atom. The molecule has 0 radical (unpaired) electrons. The lowest BCUT2D eigenvalue weighted by Gasteiger charge is -2.09. The third-order valence-corrected chi connectivity index (χ3v) is 3.04. The second-order valence-corrected chi connectivity index (χ2v) is 4.71. The SMILES string of the molecule is Nc1cc(C(=O)O)cnc1NCCc1ccc(Cl)cc1. The number of carbonyl (C=O) groups is 1. The van der Waals surface area contributed by atoms with Crippen LogP contribution in [0.1, 0.15) is 15.9 Å². The average molecular weight is 292 g/mol. The second-order valence-electron chi connectivity index (χ2n) is 4.27. The lowest BCUT2D eigenvalue weighted by atomic mass is 10.1. The molecule has 0 saturated heterocycles. The van der Waals surface area contributed by atoms with Gasteiger partial charge in [-0.3, -0.25) is 0 Å². The van der Waals surface area contributed by atoms with Crippen molar-refractivity contribution in [1.29, 1.82) is 0 Å². The molecular weight excluding hydrogens is 278 g/mol. The standard InChI is InChI=1S/C14H14ClN3O2/c15-11-3-1-9(2-4-11)5-6-17-13-12(16)7-10(8-18-13)14(19)20/h1-4,7-8H,5-6,16H2,(H,17,18)(H,19,20). The quantitative estimate of drug-likeness (QED) is 0.788. The molecule has 0 spiro atoms. The van der Waals surface area contributed by atoms with Crippen LogP contribution in [-0.2, 0) is 6.42 Å². The summed E-state index contributed by atoms with van der Waals surface area (Å²) in [7, 11) is 0. The first kappa shape index (κ1) is 14.1.